The van der Waals surface area contributed by atoms with Gasteiger partial charge in [-0.25, -0.2) is 0 Å². The largest absolute Gasteiger partial charge is 0.192 e. The molecular formula is C30H42N2. The van der Waals surface area contributed by atoms with E-state index < -0.39 is 0 Å². The molecule has 4 aliphatic carbocycles. The Morgan fingerprint density at radius 1 is 0.812 bits per heavy atom. The molecule has 2 heteroatoms. The quantitative estimate of drug-likeness (QED) is 0.387. The molecule has 1 aromatic rings. The molecule has 0 amide bonds. The third-order valence-electron chi connectivity index (χ3n) is 9.72. The molecule has 0 unspecified atom stereocenters. The van der Waals surface area contributed by atoms with Gasteiger partial charge in [-0.1, -0.05) is 58.1 Å². The first kappa shape index (κ1) is 23.4. The molecule has 4 aliphatic rings. The summed E-state index contributed by atoms with van der Waals surface area (Å²) in [7, 11) is 0. The first-order chi connectivity index (χ1) is 15.6. The lowest BCUT2D eigenvalue weighted by Crippen LogP contribution is -2.44. The Morgan fingerprint density at radius 2 is 1.47 bits per heavy atom. The molecular weight excluding hydrogens is 388 g/mol. The number of benzene rings is 1. The molecule has 32 heavy (non-hydrogen) atoms. The van der Waals surface area contributed by atoms with Crippen molar-refractivity contribution < 1.29 is 0 Å². The van der Waals surface area contributed by atoms with Crippen LogP contribution in [-0.2, 0) is 5.41 Å². The molecule has 4 fully saturated rings. The van der Waals surface area contributed by atoms with E-state index in [9.17, 15) is 10.5 Å². The highest BCUT2D eigenvalue weighted by atomic mass is 14.5. The van der Waals surface area contributed by atoms with Crippen LogP contribution in [0.2, 0.25) is 0 Å². The molecule has 0 aliphatic heterocycles. The highest BCUT2D eigenvalue weighted by Gasteiger charge is 2.49. The third kappa shape index (κ3) is 4.36. The van der Waals surface area contributed by atoms with Crippen molar-refractivity contribution in [2.75, 3.05) is 0 Å². The van der Waals surface area contributed by atoms with Crippen LogP contribution in [0.3, 0.4) is 0 Å². The SMILES string of the molecule is CCCCCC1CCC(c2ccc(C34CCC(CCC)(CC3)CC4)c(C#N)c2C#N)CC1. The molecule has 172 valence electrons. The summed E-state index contributed by atoms with van der Waals surface area (Å²) in [5, 5.41) is 20.4. The fourth-order valence-corrected chi connectivity index (χ4v) is 7.66. The normalized spacial score (nSPS) is 31.8. The van der Waals surface area contributed by atoms with E-state index in [-0.39, 0.29) is 5.41 Å². The van der Waals surface area contributed by atoms with E-state index in [2.05, 4.69) is 38.1 Å². The molecule has 0 atom stereocenters. The van der Waals surface area contributed by atoms with Gasteiger partial charge in [-0.3, -0.25) is 0 Å². The molecule has 2 bridgehead atoms. The average Bonchev–Trinajstić information content (AvgIpc) is 2.85. The summed E-state index contributed by atoms with van der Waals surface area (Å²) in [6, 6.07) is 9.56. The fourth-order valence-electron chi connectivity index (χ4n) is 7.66. The maximum absolute atomic E-state index is 10.2. The van der Waals surface area contributed by atoms with Gasteiger partial charge in [-0.2, -0.15) is 10.5 Å². The minimum atomic E-state index is 0.140. The van der Waals surface area contributed by atoms with Crippen molar-refractivity contribution in [1.29, 1.82) is 10.5 Å². The van der Waals surface area contributed by atoms with E-state index in [1.54, 1.807) is 0 Å². The van der Waals surface area contributed by atoms with E-state index in [0.29, 0.717) is 16.9 Å². The highest BCUT2D eigenvalue weighted by Crippen LogP contribution is 2.60. The van der Waals surface area contributed by atoms with Crippen molar-refractivity contribution in [3.63, 3.8) is 0 Å². The minimum Gasteiger partial charge on any atom is -0.192 e. The number of nitrogens with zero attached hydrogens (tertiary/aromatic N) is 2. The van der Waals surface area contributed by atoms with Gasteiger partial charge in [0, 0.05) is 0 Å². The molecule has 2 nitrogen and oxygen atoms in total. The summed E-state index contributed by atoms with van der Waals surface area (Å²) in [4.78, 5) is 0. The van der Waals surface area contributed by atoms with Gasteiger partial charge in [0.15, 0.2) is 0 Å². The van der Waals surface area contributed by atoms with Crippen LogP contribution in [0, 0.1) is 34.0 Å². The van der Waals surface area contributed by atoms with E-state index in [0.717, 1.165) is 11.5 Å². The third-order valence-corrected chi connectivity index (χ3v) is 9.72. The summed E-state index contributed by atoms with van der Waals surface area (Å²) in [5.74, 6) is 1.32. The van der Waals surface area contributed by atoms with Crippen LogP contribution in [0.4, 0.5) is 0 Å². The standard InChI is InChI=1S/C30H42N2/c1-3-5-6-7-23-8-10-24(11-9-23)25-12-13-28(27(22-32)26(25)21-31)30-18-15-29(14-4-2,16-19-30)17-20-30/h12-13,23-24H,3-11,14-20H2,1-2H3. The number of rotatable bonds is 8. The van der Waals surface area contributed by atoms with Crippen LogP contribution >= 0.6 is 0 Å². The van der Waals surface area contributed by atoms with Gasteiger partial charge in [0.2, 0.25) is 0 Å². The predicted molar refractivity (Wildman–Crippen MR) is 131 cm³/mol. The van der Waals surface area contributed by atoms with E-state index in [1.165, 1.54) is 114 Å². The Bertz CT molecular complexity index is 851. The van der Waals surface area contributed by atoms with Crippen molar-refractivity contribution in [3.8, 4) is 12.1 Å². The minimum absolute atomic E-state index is 0.140. The zero-order valence-corrected chi connectivity index (χ0v) is 20.5. The summed E-state index contributed by atoms with van der Waals surface area (Å²) in [6.07, 6.45) is 20.5. The Morgan fingerprint density at radius 3 is 2.03 bits per heavy atom. The summed E-state index contributed by atoms with van der Waals surface area (Å²) in [6.45, 7) is 4.59. The molecule has 5 rings (SSSR count). The Labute approximate surface area is 196 Å². The highest BCUT2D eigenvalue weighted by molar-refractivity contribution is 5.58. The number of hydrogen-bond donors (Lipinski definition) is 0. The predicted octanol–water partition coefficient (Wildman–Crippen LogP) is 8.68. The van der Waals surface area contributed by atoms with E-state index in [1.807, 2.05) is 0 Å². The molecule has 0 saturated heterocycles. The van der Waals surface area contributed by atoms with Crippen molar-refractivity contribution in [1.82, 2.24) is 0 Å². The van der Waals surface area contributed by atoms with Crippen molar-refractivity contribution in [2.24, 2.45) is 11.3 Å². The second-order valence-corrected chi connectivity index (χ2v) is 11.4. The lowest BCUT2D eigenvalue weighted by molar-refractivity contribution is 0.0319. The second-order valence-electron chi connectivity index (χ2n) is 11.4. The maximum atomic E-state index is 10.2. The number of hydrogen-bond acceptors (Lipinski definition) is 2. The van der Waals surface area contributed by atoms with Gasteiger partial charge in [-0.05, 0) is 104 Å². The Balaban J connectivity index is 1.54. The fraction of sp³-hybridized carbons (Fsp3) is 0.733. The molecule has 0 radical (unpaired) electrons. The second kappa shape index (κ2) is 10.00. The topological polar surface area (TPSA) is 47.6 Å². The first-order valence-corrected chi connectivity index (χ1v) is 13.6. The van der Waals surface area contributed by atoms with Crippen LogP contribution in [0.5, 0.6) is 0 Å². The average molecular weight is 431 g/mol. The smallest absolute Gasteiger partial charge is 0.101 e. The van der Waals surface area contributed by atoms with Crippen LogP contribution < -0.4 is 0 Å². The maximum Gasteiger partial charge on any atom is 0.101 e. The van der Waals surface area contributed by atoms with Crippen molar-refractivity contribution in [3.05, 3.63) is 34.4 Å². The lowest BCUT2D eigenvalue weighted by atomic mass is 9.50. The zero-order valence-electron chi connectivity index (χ0n) is 20.5. The van der Waals surface area contributed by atoms with Gasteiger partial charge < -0.3 is 0 Å². The van der Waals surface area contributed by atoms with Crippen LogP contribution in [0.1, 0.15) is 145 Å². The number of nitriles is 2. The Kier molecular flexibility index (Phi) is 7.30. The van der Waals surface area contributed by atoms with Gasteiger partial charge in [0.25, 0.3) is 0 Å². The monoisotopic (exact) mass is 430 g/mol. The van der Waals surface area contributed by atoms with Crippen LogP contribution in [0.25, 0.3) is 0 Å². The van der Waals surface area contributed by atoms with E-state index in [4.69, 9.17) is 0 Å². The summed E-state index contributed by atoms with van der Waals surface area (Å²) < 4.78 is 0. The van der Waals surface area contributed by atoms with Gasteiger partial charge in [-0.15, -0.1) is 0 Å². The van der Waals surface area contributed by atoms with Crippen molar-refractivity contribution in [2.45, 2.75) is 128 Å². The first-order valence-electron chi connectivity index (χ1n) is 13.6. The van der Waals surface area contributed by atoms with Gasteiger partial charge >= 0.3 is 0 Å². The summed E-state index contributed by atoms with van der Waals surface area (Å²) in [5.41, 5.74) is 4.52. The molecule has 0 heterocycles. The zero-order chi connectivity index (χ0) is 22.6. The molecule has 0 aromatic heterocycles. The van der Waals surface area contributed by atoms with Gasteiger partial charge in [0.1, 0.15) is 12.1 Å². The number of fused-ring (bicyclic) bond motifs is 3. The molecule has 0 N–H and O–H groups in total. The molecule has 4 saturated carbocycles. The molecule has 1 aromatic carbocycles. The van der Waals surface area contributed by atoms with Crippen molar-refractivity contribution >= 4 is 0 Å². The van der Waals surface area contributed by atoms with Crippen LogP contribution in [0.15, 0.2) is 12.1 Å². The Hall–Kier alpha value is -1.80. The number of unbranched alkanes of at least 4 members (excludes halogenated alkanes) is 2. The summed E-state index contributed by atoms with van der Waals surface area (Å²) >= 11 is 0. The van der Waals surface area contributed by atoms with Gasteiger partial charge in [0.05, 0.1) is 11.1 Å². The van der Waals surface area contributed by atoms with Crippen LogP contribution in [-0.4, -0.2) is 0 Å². The molecule has 0 spiro atoms. The van der Waals surface area contributed by atoms with E-state index >= 15 is 0 Å². The lowest BCUT2D eigenvalue weighted by Gasteiger charge is -2.54.